The van der Waals surface area contributed by atoms with Crippen molar-refractivity contribution < 1.29 is 18.3 Å². The summed E-state index contributed by atoms with van der Waals surface area (Å²) in [6, 6.07) is 7.99. The molecule has 0 spiro atoms. The van der Waals surface area contributed by atoms with Crippen molar-refractivity contribution in [2.45, 2.75) is 31.6 Å². The number of carboxylic acid groups (broad SMARTS) is 1. The normalized spacial score (nSPS) is 17.6. The molecule has 0 radical (unpaired) electrons. The van der Waals surface area contributed by atoms with Crippen LogP contribution >= 0.6 is 0 Å². The molecular formula is C19H23N3O4S. The molecule has 0 bridgehead atoms. The van der Waals surface area contributed by atoms with Crippen molar-refractivity contribution in [3.63, 3.8) is 0 Å². The summed E-state index contributed by atoms with van der Waals surface area (Å²) in [5.74, 6) is -0.235. The quantitative estimate of drug-likeness (QED) is 0.815. The smallest absolute Gasteiger partial charge is 0.337 e. The Hall–Kier alpha value is -2.61. The number of carbonyl (C=O) groups is 1. The van der Waals surface area contributed by atoms with E-state index < -0.39 is 16.0 Å². The van der Waals surface area contributed by atoms with E-state index in [1.54, 1.807) is 25.1 Å². The third-order valence-electron chi connectivity index (χ3n) is 4.70. The van der Waals surface area contributed by atoms with E-state index in [0.29, 0.717) is 17.3 Å². The first-order valence-corrected chi connectivity index (χ1v) is 10.3. The second kappa shape index (κ2) is 7.56. The van der Waals surface area contributed by atoms with Crippen LogP contribution in [0.15, 0.2) is 41.4 Å². The predicted octanol–water partition coefficient (Wildman–Crippen LogP) is 3.13. The number of aryl methyl sites for hydroxylation is 1. The minimum absolute atomic E-state index is 0.0636. The Morgan fingerprint density at radius 1 is 1.33 bits per heavy atom. The van der Waals surface area contributed by atoms with E-state index in [-0.39, 0.29) is 16.1 Å². The maximum atomic E-state index is 12.9. The van der Waals surface area contributed by atoms with E-state index in [2.05, 4.69) is 16.6 Å². The molecule has 144 valence electrons. The van der Waals surface area contributed by atoms with Crippen molar-refractivity contribution in [1.82, 2.24) is 4.98 Å². The second-order valence-corrected chi connectivity index (χ2v) is 8.62. The molecular weight excluding hydrogens is 366 g/mol. The Bertz CT molecular complexity index is 959. The molecule has 0 unspecified atom stereocenters. The van der Waals surface area contributed by atoms with Crippen molar-refractivity contribution in [1.29, 1.82) is 0 Å². The Morgan fingerprint density at radius 3 is 2.74 bits per heavy atom. The van der Waals surface area contributed by atoms with Crippen LogP contribution in [0.5, 0.6) is 0 Å². The third-order valence-corrected chi connectivity index (χ3v) is 6.22. The fraction of sp³-hybridized carbons (Fsp3) is 0.368. The monoisotopic (exact) mass is 389 g/mol. The molecule has 1 aromatic heterocycles. The first kappa shape index (κ1) is 19.2. The molecule has 8 heteroatoms. The van der Waals surface area contributed by atoms with Crippen LogP contribution in [-0.2, 0) is 10.0 Å². The largest absolute Gasteiger partial charge is 0.478 e. The Kier molecular flexibility index (Phi) is 5.36. The molecule has 1 aromatic carbocycles. The Labute approximate surface area is 159 Å². The summed E-state index contributed by atoms with van der Waals surface area (Å²) < 4.78 is 28.4. The zero-order valence-corrected chi connectivity index (χ0v) is 16.2. The third kappa shape index (κ3) is 4.21. The average Bonchev–Trinajstić information content (AvgIpc) is 2.61. The van der Waals surface area contributed by atoms with Gasteiger partial charge in [-0.3, -0.25) is 4.72 Å². The molecule has 27 heavy (non-hydrogen) atoms. The number of anilines is 2. The van der Waals surface area contributed by atoms with E-state index in [0.717, 1.165) is 25.9 Å². The molecule has 2 aromatic rings. The van der Waals surface area contributed by atoms with Crippen LogP contribution in [0, 0.1) is 12.8 Å². The molecule has 1 fully saturated rings. The maximum absolute atomic E-state index is 12.9. The topological polar surface area (TPSA) is 99.6 Å². The van der Waals surface area contributed by atoms with Crippen molar-refractivity contribution in [2.24, 2.45) is 5.92 Å². The SMILES string of the molecule is Cc1ccccc1S(=O)(=O)Nc1cc(C(=O)O)cnc1N1CCC[C@H](C)C1. The highest BCUT2D eigenvalue weighted by Crippen LogP contribution is 2.31. The second-order valence-electron chi connectivity index (χ2n) is 6.96. The van der Waals surface area contributed by atoms with Crippen molar-refractivity contribution in [3.05, 3.63) is 47.7 Å². The number of benzene rings is 1. The number of carboxylic acids is 1. The number of sulfonamides is 1. The van der Waals surface area contributed by atoms with Gasteiger partial charge in [0, 0.05) is 19.3 Å². The average molecular weight is 389 g/mol. The first-order chi connectivity index (χ1) is 12.8. The van der Waals surface area contributed by atoms with E-state index in [4.69, 9.17) is 0 Å². The summed E-state index contributed by atoms with van der Waals surface area (Å²) in [4.78, 5) is 17.8. The molecule has 2 heterocycles. The van der Waals surface area contributed by atoms with Crippen molar-refractivity contribution in [2.75, 3.05) is 22.7 Å². The number of piperidine rings is 1. The van der Waals surface area contributed by atoms with Gasteiger partial charge in [-0.25, -0.2) is 18.2 Å². The molecule has 2 N–H and O–H groups in total. The van der Waals surface area contributed by atoms with Gasteiger partial charge >= 0.3 is 5.97 Å². The lowest BCUT2D eigenvalue weighted by Gasteiger charge is -2.33. The fourth-order valence-electron chi connectivity index (χ4n) is 3.34. The van der Waals surface area contributed by atoms with Crippen LogP contribution in [0.4, 0.5) is 11.5 Å². The highest BCUT2D eigenvalue weighted by Gasteiger charge is 2.24. The highest BCUT2D eigenvalue weighted by molar-refractivity contribution is 7.92. The molecule has 1 aliphatic heterocycles. The van der Waals surface area contributed by atoms with Crippen molar-refractivity contribution in [3.8, 4) is 0 Å². The standard InChI is InChI=1S/C19H23N3O4S/c1-13-6-5-9-22(12-13)18-16(10-15(11-20-18)19(23)24)21-27(25,26)17-8-4-3-7-14(17)2/h3-4,7-8,10-11,13,21H,5-6,9,12H2,1-2H3,(H,23,24)/t13-/m0/s1. The zero-order chi connectivity index (χ0) is 19.6. The van der Waals surface area contributed by atoms with Crippen LogP contribution in [0.25, 0.3) is 0 Å². The molecule has 0 saturated carbocycles. The van der Waals surface area contributed by atoms with Crippen LogP contribution in [0.3, 0.4) is 0 Å². The van der Waals surface area contributed by atoms with E-state index in [9.17, 15) is 18.3 Å². The summed E-state index contributed by atoms with van der Waals surface area (Å²) in [5, 5.41) is 9.28. The number of pyridine rings is 1. The fourth-order valence-corrected chi connectivity index (χ4v) is 4.64. The summed E-state index contributed by atoms with van der Waals surface area (Å²) in [5.41, 5.74) is 0.735. The number of rotatable bonds is 5. The van der Waals surface area contributed by atoms with Gasteiger partial charge in [0.15, 0.2) is 5.82 Å². The Morgan fingerprint density at radius 2 is 2.07 bits per heavy atom. The molecule has 0 amide bonds. The van der Waals surface area contributed by atoms with E-state index in [1.165, 1.54) is 18.3 Å². The van der Waals surface area contributed by atoms with Gasteiger partial charge in [0.25, 0.3) is 10.0 Å². The van der Waals surface area contributed by atoms with E-state index >= 15 is 0 Å². The van der Waals surface area contributed by atoms with Gasteiger partial charge in [0.2, 0.25) is 0 Å². The van der Waals surface area contributed by atoms with Crippen LogP contribution < -0.4 is 9.62 Å². The number of nitrogens with one attached hydrogen (secondary N) is 1. The van der Waals surface area contributed by atoms with Gasteiger partial charge in [0.05, 0.1) is 16.1 Å². The molecule has 3 rings (SSSR count). The van der Waals surface area contributed by atoms with Crippen LogP contribution in [0.2, 0.25) is 0 Å². The van der Waals surface area contributed by atoms with Gasteiger partial charge in [-0.1, -0.05) is 25.1 Å². The summed E-state index contributed by atoms with van der Waals surface area (Å²) in [6.45, 7) is 5.35. The minimum Gasteiger partial charge on any atom is -0.478 e. The highest BCUT2D eigenvalue weighted by atomic mass is 32.2. The molecule has 7 nitrogen and oxygen atoms in total. The predicted molar refractivity (Wildman–Crippen MR) is 104 cm³/mol. The van der Waals surface area contributed by atoms with Crippen LogP contribution in [0.1, 0.15) is 35.7 Å². The lowest BCUT2D eigenvalue weighted by molar-refractivity contribution is 0.0696. The van der Waals surface area contributed by atoms with Gasteiger partial charge in [-0.05, 0) is 43.4 Å². The molecule has 1 aliphatic rings. The first-order valence-electron chi connectivity index (χ1n) is 8.84. The zero-order valence-electron chi connectivity index (χ0n) is 15.3. The number of hydrogen-bond acceptors (Lipinski definition) is 5. The number of aromatic nitrogens is 1. The lowest BCUT2D eigenvalue weighted by Crippen LogP contribution is -2.35. The summed E-state index contributed by atoms with van der Waals surface area (Å²) >= 11 is 0. The van der Waals surface area contributed by atoms with Gasteiger partial charge in [0.1, 0.15) is 0 Å². The van der Waals surface area contributed by atoms with Crippen LogP contribution in [-0.4, -0.2) is 37.6 Å². The maximum Gasteiger partial charge on any atom is 0.337 e. The summed E-state index contributed by atoms with van der Waals surface area (Å²) in [6.07, 6.45) is 3.35. The lowest BCUT2D eigenvalue weighted by atomic mass is 10.0. The van der Waals surface area contributed by atoms with Gasteiger partial charge < -0.3 is 10.0 Å². The van der Waals surface area contributed by atoms with Gasteiger partial charge in [-0.2, -0.15) is 0 Å². The number of aromatic carboxylic acids is 1. The van der Waals surface area contributed by atoms with Crippen molar-refractivity contribution >= 4 is 27.5 Å². The molecule has 1 atom stereocenters. The number of hydrogen-bond donors (Lipinski definition) is 2. The number of nitrogens with zero attached hydrogens (tertiary/aromatic N) is 2. The minimum atomic E-state index is -3.87. The molecule has 1 saturated heterocycles. The van der Waals surface area contributed by atoms with Gasteiger partial charge in [-0.15, -0.1) is 0 Å². The molecule has 0 aliphatic carbocycles. The van der Waals surface area contributed by atoms with E-state index in [1.807, 2.05) is 4.90 Å². The Balaban J connectivity index is 2.03. The summed E-state index contributed by atoms with van der Waals surface area (Å²) in [7, 11) is -3.87.